The third-order valence-electron chi connectivity index (χ3n) is 4.06. The van der Waals surface area contributed by atoms with Crippen molar-refractivity contribution in [2.24, 2.45) is 0 Å². The topological polar surface area (TPSA) is 101 Å². The van der Waals surface area contributed by atoms with Gasteiger partial charge in [0, 0.05) is 23.5 Å². The van der Waals surface area contributed by atoms with Crippen LogP contribution in [-0.2, 0) is 16.4 Å². The van der Waals surface area contributed by atoms with E-state index in [-0.39, 0.29) is 10.8 Å². The molecule has 0 aliphatic heterocycles. The highest BCUT2D eigenvalue weighted by Crippen LogP contribution is 2.33. The number of nitrogens with one attached hydrogen (secondary N) is 2. The van der Waals surface area contributed by atoms with Crippen LogP contribution in [0.2, 0.25) is 0 Å². The molecule has 3 aromatic rings. The molecule has 7 nitrogen and oxygen atoms in total. The maximum Gasteiger partial charge on any atom is 0.264 e. The Balaban J connectivity index is 2.10. The first-order valence-electron chi connectivity index (χ1n) is 8.34. The minimum atomic E-state index is -3.84. The van der Waals surface area contributed by atoms with Crippen LogP contribution >= 0.6 is 0 Å². The van der Waals surface area contributed by atoms with Crippen molar-refractivity contribution in [3.05, 3.63) is 46.5 Å². The van der Waals surface area contributed by atoms with Gasteiger partial charge in [-0.25, -0.2) is 8.42 Å². The van der Waals surface area contributed by atoms with E-state index in [2.05, 4.69) is 19.8 Å². The molecule has 0 atom stereocenters. The minimum absolute atomic E-state index is 0.125. The Morgan fingerprint density at radius 1 is 1.08 bits per heavy atom. The lowest BCUT2D eigenvalue weighted by Crippen LogP contribution is -2.14. The largest absolute Gasteiger partial charge is 0.361 e. The Morgan fingerprint density at radius 2 is 1.73 bits per heavy atom. The summed E-state index contributed by atoms with van der Waals surface area (Å²) in [6.45, 7) is 9.25. The van der Waals surface area contributed by atoms with Crippen LogP contribution in [0, 0.1) is 27.7 Å². The van der Waals surface area contributed by atoms with Crippen LogP contribution in [0.5, 0.6) is 0 Å². The molecule has 2 heterocycles. The van der Waals surface area contributed by atoms with Gasteiger partial charge in [-0.2, -0.15) is 4.98 Å². The lowest BCUT2D eigenvalue weighted by molar-refractivity contribution is 0.422. The number of sulfonamides is 1. The standard InChI is InChI=1S/C18H22N4O3S/c1-6-15-20-18(25-21-15)16-12(4)19-13(5)17(16)26(23,24)22-14-8-10(2)7-11(3)9-14/h7-9,19,22H,6H2,1-5H3. The fraction of sp³-hybridized carbons (Fsp3) is 0.333. The third kappa shape index (κ3) is 3.37. The van der Waals surface area contributed by atoms with Gasteiger partial charge in [-0.1, -0.05) is 18.1 Å². The number of hydrogen-bond donors (Lipinski definition) is 2. The first-order valence-corrected chi connectivity index (χ1v) is 9.82. The highest BCUT2D eigenvalue weighted by atomic mass is 32.2. The Hall–Kier alpha value is -2.61. The van der Waals surface area contributed by atoms with Crippen molar-refractivity contribution in [2.45, 2.75) is 45.9 Å². The third-order valence-corrected chi connectivity index (χ3v) is 5.61. The van der Waals surface area contributed by atoms with E-state index in [1.54, 1.807) is 26.0 Å². The second kappa shape index (κ2) is 6.60. The summed E-state index contributed by atoms with van der Waals surface area (Å²) in [7, 11) is -3.84. The fourth-order valence-corrected chi connectivity index (χ4v) is 4.58. The Bertz CT molecular complexity index is 1040. The first-order chi connectivity index (χ1) is 12.2. The van der Waals surface area contributed by atoms with Crippen LogP contribution in [0.25, 0.3) is 11.5 Å². The molecule has 0 bridgehead atoms. The van der Waals surface area contributed by atoms with Crippen LogP contribution in [0.3, 0.4) is 0 Å². The SMILES string of the molecule is CCc1noc(-c2c(C)[nH]c(C)c2S(=O)(=O)Nc2cc(C)cc(C)c2)n1. The number of aromatic amines is 1. The van der Waals surface area contributed by atoms with Gasteiger partial charge in [-0.3, -0.25) is 4.72 Å². The van der Waals surface area contributed by atoms with Gasteiger partial charge < -0.3 is 9.51 Å². The molecule has 138 valence electrons. The molecule has 2 N–H and O–H groups in total. The number of aromatic nitrogens is 3. The summed E-state index contributed by atoms with van der Waals surface area (Å²) in [5.74, 6) is 0.730. The molecule has 0 fully saturated rings. The summed E-state index contributed by atoms with van der Waals surface area (Å²) in [4.78, 5) is 7.49. The minimum Gasteiger partial charge on any atom is -0.361 e. The van der Waals surface area contributed by atoms with Crippen molar-refractivity contribution in [1.82, 2.24) is 15.1 Å². The van der Waals surface area contributed by atoms with E-state index in [0.29, 0.717) is 34.9 Å². The molecule has 0 aliphatic rings. The van der Waals surface area contributed by atoms with Gasteiger partial charge in [0.1, 0.15) is 4.90 Å². The van der Waals surface area contributed by atoms with Crippen molar-refractivity contribution < 1.29 is 12.9 Å². The zero-order valence-corrected chi connectivity index (χ0v) is 16.3. The van der Waals surface area contributed by atoms with Crippen LogP contribution < -0.4 is 4.72 Å². The predicted octanol–water partition coefficient (Wildman–Crippen LogP) is 3.66. The summed E-state index contributed by atoms with van der Waals surface area (Å²) < 4.78 is 34.2. The number of aryl methyl sites for hydroxylation is 5. The monoisotopic (exact) mass is 374 g/mol. The van der Waals surface area contributed by atoms with Crippen LogP contribution in [0.15, 0.2) is 27.6 Å². The van der Waals surface area contributed by atoms with E-state index in [4.69, 9.17) is 4.52 Å². The fourth-order valence-electron chi connectivity index (χ4n) is 3.09. The van der Waals surface area contributed by atoms with Gasteiger partial charge in [0.2, 0.25) is 0 Å². The molecule has 0 radical (unpaired) electrons. The van der Waals surface area contributed by atoms with Crippen LogP contribution in [0.4, 0.5) is 5.69 Å². The van der Waals surface area contributed by atoms with Crippen molar-refractivity contribution >= 4 is 15.7 Å². The zero-order valence-electron chi connectivity index (χ0n) is 15.5. The number of hydrogen-bond acceptors (Lipinski definition) is 5. The highest BCUT2D eigenvalue weighted by Gasteiger charge is 2.29. The maximum atomic E-state index is 13.1. The highest BCUT2D eigenvalue weighted by molar-refractivity contribution is 7.93. The molecule has 0 amide bonds. The summed E-state index contributed by atoms with van der Waals surface area (Å²) in [5, 5.41) is 3.88. The Labute approximate surface area is 152 Å². The molecule has 0 unspecified atom stereocenters. The molecule has 2 aromatic heterocycles. The van der Waals surface area contributed by atoms with Crippen molar-refractivity contribution in [2.75, 3.05) is 4.72 Å². The van der Waals surface area contributed by atoms with E-state index in [9.17, 15) is 8.42 Å². The van der Waals surface area contributed by atoms with Gasteiger partial charge in [-0.05, 0) is 51.0 Å². The van der Waals surface area contributed by atoms with Gasteiger partial charge in [-0.15, -0.1) is 0 Å². The first kappa shape index (κ1) is 18.2. The predicted molar refractivity (Wildman–Crippen MR) is 99.7 cm³/mol. The average molecular weight is 374 g/mol. The van der Waals surface area contributed by atoms with Gasteiger partial charge in [0.15, 0.2) is 5.82 Å². The Kier molecular flexibility index (Phi) is 4.62. The van der Waals surface area contributed by atoms with Crippen molar-refractivity contribution in [3.8, 4) is 11.5 Å². The molecular formula is C18H22N4O3S. The molecule has 0 saturated carbocycles. The average Bonchev–Trinajstić information content (AvgIpc) is 3.09. The number of nitrogens with zero attached hydrogens (tertiary/aromatic N) is 2. The normalized spacial score (nSPS) is 11.7. The molecule has 0 aliphatic carbocycles. The van der Waals surface area contributed by atoms with Crippen LogP contribution in [-0.4, -0.2) is 23.5 Å². The zero-order chi connectivity index (χ0) is 19.1. The van der Waals surface area contributed by atoms with Crippen molar-refractivity contribution in [3.63, 3.8) is 0 Å². The summed E-state index contributed by atoms with van der Waals surface area (Å²) >= 11 is 0. The molecule has 1 aromatic carbocycles. The summed E-state index contributed by atoms with van der Waals surface area (Å²) in [6.07, 6.45) is 0.606. The molecule has 3 rings (SSSR count). The molecule has 0 saturated heterocycles. The van der Waals surface area contributed by atoms with Gasteiger partial charge >= 0.3 is 0 Å². The molecule has 0 spiro atoms. The van der Waals surface area contributed by atoms with Crippen LogP contribution in [0.1, 0.15) is 35.3 Å². The smallest absolute Gasteiger partial charge is 0.264 e. The van der Waals surface area contributed by atoms with E-state index >= 15 is 0 Å². The van der Waals surface area contributed by atoms with E-state index in [1.165, 1.54) is 0 Å². The van der Waals surface area contributed by atoms with Gasteiger partial charge in [0.05, 0.1) is 5.56 Å². The van der Waals surface area contributed by atoms with E-state index in [1.807, 2.05) is 26.8 Å². The number of rotatable bonds is 5. The second-order valence-corrected chi connectivity index (χ2v) is 8.05. The Morgan fingerprint density at radius 3 is 2.31 bits per heavy atom. The quantitative estimate of drug-likeness (QED) is 0.710. The van der Waals surface area contributed by atoms with Gasteiger partial charge in [0.25, 0.3) is 15.9 Å². The lowest BCUT2D eigenvalue weighted by atomic mass is 10.1. The number of H-pyrrole nitrogens is 1. The number of benzene rings is 1. The maximum absolute atomic E-state index is 13.1. The number of anilines is 1. The molecule has 8 heteroatoms. The van der Waals surface area contributed by atoms with Crippen molar-refractivity contribution in [1.29, 1.82) is 0 Å². The lowest BCUT2D eigenvalue weighted by Gasteiger charge is -2.11. The molecular weight excluding hydrogens is 352 g/mol. The second-order valence-electron chi connectivity index (χ2n) is 6.43. The van der Waals surface area contributed by atoms with E-state index < -0.39 is 10.0 Å². The summed E-state index contributed by atoms with van der Waals surface area (Å²) in [5.41, 5.74) is 4.07. The summed E-state index contributed by atoms with van der Waals surface area (Å²) in [6, 6.07) is 5.57. The van der Waals surface area contributed by atoms with E-state index in [0.717, 1.165) is 11.1 Å². The molecule has 26 heavy (non-hydrogen) atoms.